The van der Waals surface area contributed by atoms with Gasteiger partial charge in [-0.15, -0.1) is 11.6 Å². The molecule has 0 saturated carbocycles. The van der Waals surface area contributed by atoms with E-state index in [1.54, 1.807) is 0 Å². The molecule has 0 bridgehead atoms. The van der Waals surface area contributed by atoms with E-state index in [1.165, 1.54) is 18.2 Å². The Kier molecular flexibility index (Phi) is 5.69. The van der Waals surface area contributed by atoms with Crippen LogP contribution in [0.2, 0.25) is 0 Å². The topological polar surface area (TPSA) is 80.3 Å². The molecule has 1 rings (SSSR count). The van der Waals surface area contributed by atoms with Gasteiger partial charge in [0.15, 0.2) is 19.7 Å². The van der Waals surface area contributed by atoms with Crippen LogP contribution in [-0.4, -0.2) is 41.3 Å². The van der Waals surface area contributed by atoms with Crippen LogP contribution in [0.3, 0.4) is 0 Å². The molecule has 0 aliphatic rings. The Balaban J connectivity index is 3.22. The van der Waals surface area contributed by atoms with E-state index in [1.807, 2.05) is 13.8 Å². The molecule has 0 spiro atoms. The molecule has 0 aliphatic heterocycles. The van der Waals surface area contributed by atoms with Crippen LogP contribution in [0.5, 0.6) is 0 Å². The van der Waals surface area contributed by atoms with Crippen molar-refractivity contribution < 1.29 is 16.8 Å². The minimum atomic E-state index is -3.55. The van der Waals surface area contributed by atoms with Crippen molar-refractivity contribution in [2.75, 3.05) is 24.4 Å². The average Bonchev–Trinajstić information content (AvgIpc) is 2.33. The molecule has 0 saturated heterocycles. The molecule has 1 atom stereocenters. The molecule has 5 nitrogen and oxygen atoms in total. The number of benzene rings is 1. The first-order valence-electron chi connectivity index (χ1n) is 6.35. The Labute approximate surface area is 131 Å². The van der Waals surface area contributed by atoms with E-state index in [0.717, 1.165) is 12.5 Å². The first-order valence-corrected chi connectivity index (χ1v) is 10.6. The van der Waals surface area contributed by atoms with E-state index in [-0.39, 0.29) is 21.1 Å². The molecule has 0 aliphatic carbocycles. The summed E-state index contributed by atoms with van der Waals surface area (Å²) >= 11 is 6.13. The van der Waals surface area contributed by atoms with Crippen molar-refractivity contribution in [3.8, 4) is 0 Å². The third kappa shape index (κ3) is 5.16. The van der Waals surface area contributed by atoms with Crippen LogP contribution in [0.25, 0.3) is 0 Å². The van der Waals surface area contributed by atoms with Crippen molar-refractivity contribution in [1.29, 1.82) is 0 Å². The fourth-order valence-corrected chi connectivity index (χ4v) is 3.31. The quantitative estimate of drug-likeness (QED) is 0.793. The Bertz CT molecular complexity index is 712. The van der Waals surface area contributed by atoms with Gasteiger partial charge in [-0.25, -0.2) is 16.8 Å². The smallest absolute Gasteiger partial charge is 0.177 e. The lowest BCUT2D eigenvalue weighted by Gasteiger charge is -2.17. The highest BCUT2D eigenvalue weighted by Crippen LogP contribution is 2.25. The summed E-state index contributed by atoms with van der Waals surface area (Å²) in [6.45, 7) is 4.31. The van der Waals surface area contributed by atoms with E-state index in [4.69, 9.17) is 11.6 Å². The molecule has 0 amide bonds. The molecule has 0 radical (unpaired) electrons. The maximum atomic E-state index is 11.8. The van der Waals surface area contributed by atoms with Crippen molar-refractivity contribution >= 4 is 37.0 Å². The molecule has 1 aromatic carbocycles. The number of rotatable bonds is 6. The molecule has 21 heavy (non-hydrogen) atoms. The van der Waals surface area contributed by atoms with Gasteiger partial charge in [0.05, 0.1) is 20.9 Å². The number of alkyl halides is 1. The highest BCUT2D eigenvalue weighted by Gasteiger charge is 2.19. The van der Waals surface area contributed by atoms with Gasteiger partial charge in [0.2, 0.25) is 0 Å². The standard InChI is InChI=1S/C13H20ClNO4S2/c1-9(2)11(14)8-15-12-6-5-10(20(3,16)17)7-13(12)21(4,18)19/h5-7,9,11,15H,8H2,1-4H3. The summed E-state index contributed by atoms with van der Waals surface area (Å²) in [4.78, 5) is -0.0715. The predicted octanol–water partition coefficient (Wildman–Crippen LogP) is 2.17. The molecule has 1 unspecified atom stereocenters. The highest BCUT2D eigenvalue weighted by molar-refractivity contribution is 7.91. The molecule has 1 aromatic rings. The van der Waals surface area contributed by atoms with Gasteiger partial charge in [-0.1, -0.05) is 13.8 Å². The van der Waals surface area contributed by atoms with Crippen LogP contribution < -0.4 is 5.32 Å². The molecule has 8 heteroatoms. The van der Waals surface area contributed by atoms with Crippen molar-refractivity contribution in [3.05, 3.63) is 18.2 Å². The van der Waals surface area contributed by atoms with Gasteiger partial charge >= 0.3 is 0 Å². The van der Waals surface area contributed by atoms with Crippen LogP contribution in [0.4, 0.5) is 5.69 Å². The number of hydrogen-bond acceptors (Lipinski definition) is 5. The minimum absolute atomic E-state index is 0.0280. The summed E-state index contributed by atoms with van der Waals surface area (Å²) < 4.78 is 46.8. The third-order valence-electron chi connectivity index (χ3n) is 2.99. The summed E-state index contributed by atoms with van der Waals surface area (Å²) in [5.41, 5.74) is 0.358. The molecular formula is C13H20ClNO4S2. The second-order valence-corrected chi connectivity index (χ2v) is 9.90. The van der Waals surface area contributed by atoms with E-state index in [0.29, 0.717) is 12.2 Å². The SMILES string of the molecule is CC(C)C(Cl)CNc1ccc(S(C)(=O)=O)cc1S(C)(=O)=O. The maximum absolute atomic E-state index is 11.8. The molecular weight excluding hydrogens is 334 g/mol. The van der Waals surface area contributed by atoms with E-state index < -0.39 is 19.7 Å². The highest BCUT2D eigenvalue weighted by atomic mass is 35.5. The average molecular weight is 354 g/mol. The summed E-state index contributed by atoms with van der Waals surface area (Å²) in [5, 5.41) is 2.81. The van der Waals surface area contributed by atoms with Crippen LogP contribution in [0.1, 0.15) is 13.8 Å². The van der Waals surface area contributed by atoms with Crippen LogP contribution >= 0.6 is 11.6 Å². The normalized spacial score (nSPS) is 14.2. The number of anilines is 1. The predicted molar refractivity (Wildman–Crippen MR) is 85.6 cm³/mol. The Hall–Kier alpha value is -0.790. The van der Waals surface area contributed by atoms with Gasteiger partial charge in [0, 0.05) is 19.1 Å². The first-order chi connectivity index (χ1) is 9.43. The van der Waals surface area contributed by atoms with Crippen LogP contribution in [0.15, 0.2) is 28.0 Å². The summed E-state index contributed by atoms with van der Waals surface area (Å²) in [5.74, 6) is 0.233. The van der Waals surface area contributed by atoms with Crippen molar-refractivity contribution in [2.45, 2.75) is 29.0 Å². The molecule has 0 aromatic heterocycles. The monoisotopic (exact) mass is 353 g/mol. The fourth-order valence-electron chi connectivity index (χ4n) is 1.63. The Morgan fingerprint density at radius 3 is 2.10 bits per heavy atom. The molecule has 120 valence electrons. The summed E-state index contributed by atoms with van der Waals surface area (Å²) in [6.07, 6.45) is 2.08. The number of nitrogens with one attached hydrogen (secondary N) is 1. The van der Waals surface area contributed by atoms with Crippen molar-refractivity contribution in [2.24, 2.45) is 5.92 Å². The van der Waals surface area contributed by atoms with Gasteiger partial charge in [-0.2, -0.15) is 0 Å². The van der Waals surface area contributed by atoms with Gasteiger partial charge in [0.25, 0.3) is 0 Å². The van der Waals surface area contributed by atoms with Crippen LogP contribution in [0, 0.1) is 5.92 Å². The second kappa shape index (κ2) is 6.54. The summed E-state index contributed by atoms with van der Waals surface area (Å²) in [7, 11) is -7.02. The Morgan fingerprint density at radius 1 is 1.10 bits per heavy atom. The number of halogens is 1. The zero-order chi connectivity index (χ0) is 16.4. The third-order valence-corrected chi connectivity index (χ3v) is 5.90. The number of sulfone groups is 2. The number of hydrogen-bond donors (Lipinski definition) is 1. The van der Waals surface area contributed by atoms with Gasteiger partial charge in [0.1, 0.15) is 0 Å². The lowest BCUT2D eigenvalue weighted by Crippen LogP contribution is -2.20. The van der Waals surface area contributed by atoms with Crippen molar-refractivity contribution in [1.82, 2.24) is 0 Å². The van der Waals surface area contributed by atoms with E-state index in [9.17, 15) is 16.8 Å². The van der Waals surface area contributed by atoms with Crippen molar-refractivity contribution in [3.63, 3.8) is 0 Å². The molecule has 0 heterocycles. The maximum Gasteiger partial charge on any atom is 0.177 e. The van der Waals surface area contributed by atoms with Gasteiger partial charge in [-0.3, -0.25) is 0 Å². The minimum Gasteiger partial charge on any atom is -0.382 e. The zero-order valence-corrected chi connectivity index (χ0v) is 14.8. The van der Waals surface area contributed by atoms with E-state index in [2.05, 4.69) is 5.32 Å². The lowest BCUT2D eigenvalue weighted by molar-refractivity contribution is 0.599. The van der Waals surface area contributed by atoms with Gasteiger partial charge in [-0.05, 0) is 24.1 Å². The van der Waals surface area contributed by atoms with E-state index >= 15 is 0 Å². The molecule has 0 fully saturated rings. The largest absolute Gasteiger partial charge is 0.382 e. The summed E-state index contributed by atoms with van der Waals surface area (Å²) in [6, 6.07) is 4.01. The molecule has 1 N–H and O–H groups in total. The zero-order valence-electron chi connectivity index (χ0n) is 12.4. The fraction of sp³-hybridized carbons (Fsp3) is 0.538. The Morgan fingerprint density at radius 2 is 1.67 bits per heavy atom. The second-order valence-electron chi connectivity index (χ2n) is 5.34. The van der Waals surface area contributed by atoms with Gasteiger partial charge < -0.3 is 5.32 Å². The lowest BCUT2D eigenvalue weighted by atomic mass is 10.1. The van der Waals surface area contributed by atoms with Crippen LogP contribution in [-0.2, 0) is 19.7 Å². The first kappa shape index (κ1) is 18.3.